The SMILES string of the molecule is Cc1ccc(C(=O)NNC(=O)c2ccc(-c3cnco3)cc2)s1. The molecule has 0 aliphatic rings. The zero-order valence-electron chi connectivity index (χ0n) is 12.2. The van der Waals surface area contributed by atoms with Gasteiger partial charge in [0, 0.05) is 16.0 Å². The molecule has 116 valence electrons. The predicted octanol–water partition coefficient (Wildman–Crippen LogP) is 2.79. The van der Waals surface area contributed by atoms with Crippen molar-refractivity contribution in [3.05, 3.63) is 64.3 Å². The molecule has 23 heavy (non-hydrogen) atoms. The van der Waals surface area contributed by atoms with Crippen LogP contribution in [0.4, 0.5) is 0 Å². The van der Waals surface area contributed by atoms with Crippen LogP contribution in [0, 0.1) is 6.92 Å². The van der Waals surface area contributed by atoms with E-state index in [0.29, 0.717) is 16.2 Å². The minimum atomic E-state index is -0.393. The second-order valence-corrected chi connectivity index (χ2v) is 6.05. The third-order valence-electron chi connectivity index (χ3n) is 3.12. The topological polar surface area (TPSA) is 84.2 Å². The third-order valence-corrected chi connectivity index (χ3v) is 4.12. The summed E-state index contributed by atoms with van der Waals surface area (Å²) in [5.74, 6) is -0.108. The zero-order valence-corrected chi connectivity index (χ0v) is 13.0. The van der Waals surface area contributed by atoms with Crippen LogP contribution < -0.4 is 10.9 Å². The normalized spacial score (nSPS) is 10.3. The summed E-state index contributed by atoms with van der Waals surface area (Å²) in [6.45, 7) is 1.91. The number of benzene rings is 1. The number of aryl methyl sites for hydroxylation is 1. The average molecular weight is 327 g/mol. The fourth-order valence-electron chi connectivity index (χ4n) is 1.95. The number of aromatic nitrogens is 1. The molecular weight excluding hydrogens is 314 g/mol. The van der Waals surface area contributed by atoms with Crippen LogP contribution in [-0.2, 0) is 0 Å². The van der Waals surface area contributed by atoms with Crippen LogP contribution in [0.5, 0.6) is 0 Å². The maximum atomic E-state index is 12.0. The quantitative estimate of drug-likeness (QED) is 0.725. The number of oxazole rings is 1. The van der Waals surface area contributed by atoms with Crippen molar-refractivity contribution in [3.8, 4) is 11.3 Å². The number of carbonyl (C=O) groups excluding carboxylic acids is 2. The van der Waals surface area contributed by atoms with Crippen molar-refractivity contribution < 1.29 is 14.0 Å². The molecule has 2 aromatic heterocycles. The van der Waals surface area contributed by atoms with Gasteiger partial charge in [0.2, 0.25) is 0 Å². The van der Waals surface area contributed by atoms with Gasteiger partial charge in [-0.25, -0.2) is 4.98 Å². The summed E-state index contributed by atoms with van der Waals surface area (Å²) in [6, 6.07) is 10.4. The van der Waals surface area contributed by atoms with Crippen LogP contribution in [0.25, 0.3) is 11.3 Å². The highest BCUT2D eigenvalue weighted by molar-refractivity contribution is 7.13. The Morgan fingerprint density at radius 3 is 2.39 bits per heavy atom. The van der Waals surface area contributed by atoms with Gasteiger partial charge in [-0.15, -0.1) is 11.3 Å². The molecule has 0 bridgehead atoms. The Kier molecular flexibility index (Phi) is 4.20. The monoisotopic (exact) mass is 327 g/mol. The molecule has 2 N–H and O–H groups in total. The summed E-state index contributed by atoms with van der Waals surface area (Å²) in [6.07, 6.45) is 2.94. The van der Waals surface area contributed by atoms with Gasteiger partial charge < -0.3 is 4.42 Å². The van der Waals surface area contributed by atoms with E-state index in [2.05, 4.69) is 15.8 Å². The summed E-state index contributed by atoms with van der Waals surface area (Å²) in [7, 11) is 0. The maximum absolute atomic E-state index is 12.0. The summed E-state index contributed by atoms with van der Waals surface area (Å²) in [5.41, 5.74) is 6.03. The molecule has 0 spiro atoms. The first-order valence-electron chi connectivity index (χ1n) is 6.79. The lowest BCUT2D eigenvalue weighted by Gasteiger charge is -2.06. The predicted molar refractivity (Wildman–Crippen MR) is 85.9 cm³/mol. The number of rotatable bonds is 3. The standard InChI is InChI=1S/C16H13N3O3S/c1-10-2-7-14(23-10)16(21)19-18-15(20)12-5-3-11(4-6-12)13-8-17-9-22-13/h2-9H,1H3,(H,18,20)(H,19,21). The highest BCUT2D eigenvalue weighted by Gasteiger charge is 2.11. The molecule has 0 aliphatic carbocycles. The number of nitrogens with zero attached hydrogens (tertiary/aromatic N) is 1. The van der Waals surface area contributed by atoms with Crippen molar-refractivity contribution in [2.75, 3.05) is 0 Å². The van der Waals surface area contributed by atoms with Gasteiger partial charge in [0.25, 0.3) is 11.8 Å². The summed E-state index contributed by atoms with van der Waals surface area (Å²) in [4.78, 5) is 29.3. The van der Waals surface area contributed by atoms with Gasteiger partial charge in [0.15, 0.2) is 12.2 Å². The number of hydrazine groups is 1. The minimum absolute atomic E-state index is 0.338. The van der Waals surface area contributed by atoms with Gasteiger partial charge in [-0.1, -0.05) is 12.1 Å². The number of carbonyl (C=O) groups is 2. The summed E-state index contributed by atoms with van der Waals surface area (Å²) in [5, 5.41) is 0. The molecule has 6 nitrogen and oxygen atoms in total. The van der Waals surface area contributed by atoms with Crippen LogP contribution in [0.15, 0.2) is 53.4 Å². The minimum Gasteiger partial charge on any atom is -0.444 e. The van der Waals surface area contributed by atoms with Crippen LogP contribution in [0.1, 0.15) is 24.9 Å². The van der Waals surface area contributed by atoms with Crippen molar-refractivity contribution in [3.63, 3.8) is 0 Å². The van der Waals surface area contributed by atoms with E-state index in [1.54, 1.807) is 36.5 Å². The molecule has 0 atom stereocenters. The first-order valence-corrected chi connectivity index (χ1v) is 7.61. The zero-order chi connectivity index (χ0) is 16.2. The third kappa shape index (κ3) is 3.46. The van der Waals surface area contributed by atoms with Crippen molar-refractivity contribution in [2.45, 2.75) is 6.92 Å². The number of thiophene rings is 1. The van der Waals surface area contributed by atoms with Gasteiger partial charge in [-0.05, 0) is 31.2 Å². The lowest BCUT2D eigenvalue weighted by atomic mass is 10.1. The van der Waals surface area contributed by atoms with Crippen LogP contribution in [0.2, 0.25) is 0 Å². The van der Waals surface area contributed by atoms with Gasteiger partial charge in [-0.2, -0.15) is 0 Å². The van der Waals surface area contributed by atoms with Gasteiger partial charge in [0.05, 0.1) is 11.1 Å². The van der Waals surface area contributed by atoms with Gasteiger partial charge in [-0.3, -0.25) is 20.4 Å². The lowest BCUT2D eigenvalue weighted by Crippen LogP contribution is -2.41. The Balaban J connectivity index is 1.61. The summed E-state index contributed by atoms with van der Waals surface area (Å²) < 4.78 is 5.18. The molecule has 1 aromatic carbocycles. The second-order valence-electron chi connectivity index (χ2n) is 4.76. The molecule has 0 radical (unpaired) electrons. The smallest absolute Gasteiger partial charge is 0.279 e. The summed E-state index contributed by atoms with van der Waals surface area (Å²) >= 11 is 1.36. The molecule has 0 saturated carbocycles. The Labute approximate surface area is 136 Å². The van der Waals surface area contributed by atoms with E-state index in [-0.39, 0.29) is 5.91 Å². The molecular formula is C16H13N3O3S. The number of nitrogens with one attached hydrogen (secondary N) is 2. The highest BCUT2D eigenvalue weighted by atomic mass is 32.1. The van der Waals surface area contributed by atoms with Crippen molar-refractivity contribution in [2.24, 2.45) is 0 Å². The molecule has 3 aromatic rings. The average Bonchev–Trinajstić information content (AvgIpc) is 3.24. The van der Waals surface area contributed by atoms with E-state index >= 15 is 0 Å². The van der Waals surface area contributed by atoms with Crippen LogP contribution >= 0.6 is 11.3 Å². The largest absolute Gasteiger partial charge is 0.444 e. The lowest BCUT2D eigenvalue weighted by molar-refractivity contribution is 0.0849. The first-order chi connectivity index (χ1) is 11.1. The molecule has 7 heteroatoms. The Morgan fingerprint density at radius 1 is 1.04 bits per heavy atom. The molecule has 3 rings (SSSR count). The highest BCUT2D eigenvalue weighted by Crippen LogP contribution is 2.18. The van der Waals surface area contributed by atoms with E-state index in [1.807, 2.05) is 13.0 Å². The van der Waals surface area contributed by atoms with Gasteiger partial charge in [0.1, 0.15) is 0 Å². The van der Waals surface area contributed by atoms with E-state index in [1.165, 1.54) is 17.7 Å². The number of hydrogen-bond donors (Lipinski definition) is 2. The van der Waals surface area contributed by atoms with Crippen LogP contribution in [0.3, 0.4) is 0 Å². The Hall–Kier alpha value is -2.93. The van der Waals surface area contributed by atoms with E-state index in [9.17, 15) is 9.59 Å². The Morgan fingerprint density at radius 2 is 1.78 bits per heavy atom. The molecule has 2 heterocycles. The second kappa shape index (κ2) is 6.45. The Bertz CT molecular complexity index is 823. The fraction of sp³-hybridized carbons (Fsp3) is 0.0625. The fourth-order valence-corrected chi connectivity index (χ4v) is 2.71. The molecule has 2 amide bonds. The van der Waals surface area contributed by atoms with Crippen molar-refractivity contribution >= 4 is 23.2 Å². The van der Waals surface area contributed by atoms with E-state index in [4.69, 9.17) is 4.42 Å². The molecule has 0 fully saturated rings. The van der Waals surface area contributed by atoms with Crippen molar-refractivity contribution in [1.29, 1.82) is 0 Å². The maximum Gasteiger partial charge on any atom is 0.279 e. The number of hydrogen-bond acceptors (Lipinski definition) is 5. The number of amides is 2. The van der Waals surface area contributed by atoms with Gasteiger partial charge >= 0.3 is 0 Å². The van der Waals surface area contributed by atoms with Crippen molar-refractivity contribution in [1.82, 2.24) is 15.8 Å². The molecule has 0 unspecified atom stereocenters. The first kappa shape index (κ1) is 15.0. The molecule has 0 saturated heterocycles. The molecule has 0 aliphatic heterocycles. The van der Waals surface area contributed by atoms with E-state index < -0.39 is 5.91 Å². The van der Waals surface area contributed by atoms with Crippen LogP contribution in [-0.4, -0.2) is 16.8 Å². The van der Waals surface area contributed by atoms with E-state index in [0.717, 1.165) is 10.4 Å².